The number of hydrogen-bond acceptors (Lipinski definition) is 3. The van der Waals surface area contributed by atoms with E-state index in [1.54, 1.807) is 13.0 Å². The van der Waals surface area contributed by atoms with Crippen LogP contribution in [0.2, 0.25) is 5.15 Å². The van der Waals surface area contributed by atoms with Gasteiger partial charge in [-0.1, -0.05) is 11.6 Å². The fraction of sp³-hybridized carbons (Fsp3) is 0.0625. The van der Waals surface area contributed by atoms with Gasteiger partial charge in [-0.3, -0.25) is 0 Å². The number of benzene rings is 1. The van der Waals surface area contributed by atoms with Crippen LogP contribution < -0.4 is 0 Å². The molecule has 0 fully saturated rings. The molecule has 0 bridgehead atoms. The molecule has 0 atom stereocenters. The lowest BCUT2D eigenvalue weighted by Crippen LogP contribution is -1.99. The highest BCUT2D eigenvalue weighted by Crippen LogP contribution is 2.34. The molecule has 2 aromatic heterocycles. The van der Waals surface area contributed by atoms with Gasteiger partial charge in [0.25, 0.3) is 0 Å². The normalized spacial score (nSPS) is 10.8. The number of hydrogen-bond donors (Lipinski definition) is 0. The fourth-order valence-corrected chi connectivity index (χ4v) is 2.32. The molecule has 23 heavy (non-hydrogen) atoms. The highest BCUT2D eigenvalue weighted by Gasteiger charge is 2.19. The number of aromatic nitrogens is 3. The van der Waals surface area contributed by atoms with E-state index in [4.69, 9.17) is 11.6 Å². The molecule has 3 rings (SSSR count). The molecule has 0 saturated heterocycles. The zero-order valence-electron chi connectivity index (χ0n) is 11.8. The van der Waals surface area contributed by atoms with Crippen molar-refractivity contribution in [3.8, 4) is 22.4 Å². The fourth-order valence-electron chi connectivity index (χ4n) is 2.21. The van der Waals surface area contributed by atoms with Crippen LogP contribution in [-0.2, 0) is 0 Å². The van der Waals surface area contributed by atoms with Crippen LogP contribution in [0.4, 0.5) is 13.2 Å². The lowest BCUT2D eigenvalue weighted by atomic mass is 9.99. The molecule has 0 aliphatic rings. The van der Waals surface area contributed by atoms with Crippen molar-refractivity contribution in [3.05, 3.63) is 64.8 Å². The predicted octanol–water partition coefficient (Wildman–Crippen LogP) is 4.58. The van der Waals surface area contributed by atoms with Crippen molar-refractivity contribution in [1.29, 1.82) is 0 Å². The largest absolute Gasteiger partial charge is 0.244 e. The average Bonchev–Trinajstić information content (AvgIpc) is 2.47. The van der Waals surface area contributed by atoms with Gasteiger partial charge in [0.15, 0.2) is 0 Å². The molecule has 1 aromatic carbocycles. The summed E-state index contributed by atoms with van der Waals surface area (Å²) in [6.07, 6.45) is 1.42. The van der Waals surface area contributed by atoms with Crippen molar-refractivity contribution in [2.75, 3.05) is 0 Å². The Bertz CT molecular complexity index is 859. The molecule has 2 heterocycles. The van der Waals surface area contributed by atoms with Crippen LogP contribution in [0.3, 0.4) is 0 Å². The zero-order valence-corrected chi connectivity index (χ0v) is 12.6. The van der Waals surface area contributed by atoms with E-state index < -0.39 is 17.5 Å². The second-order valence-corrected chi connectivity index (χ2v) is 5.25. The summed E-state index contributed by atoms with van der Waals surface area (Å²) in [5.74, 6) is -3.02. The molecule has 7 heteroatoms. The van der Waals surface area contributed by atoms with Gasteiger partial charge in [-0.15, -0.1) is 5.10 Å². The van der Waals surface area contributed by atoms with Crippen molar-refractivity contribution >= 4 is 11.6 Å². The Morgan fingerprint density at radius 1 is 0.957 bits per heavy atom. The van der Waals surface area contributed by atoms with Crippen molar-refractivity contribution in [2.45, 2.75) is 6.92 Å². The summed E-state index contributed by atoms with van der Waals surface area (Å²) in [7, 11) is 0. The third-order valence-electron chi connectivity index (χ3n) is 3.19. The number of pyridine rings is 1. The van der Waals surface area contributed by atoms with Crippen molar-refractivity contribution < 1.29 is 13.2 Å². The van der Waals surface area contributed by atoms with E-state index in [9.17, 15) is 13.2 Å². The maximum absolute atomic E-state index is 14.1. The van der Waals surface area contributed by atoms with Gasteiger partial charge in [0.05, 0.1) is 11.3 Å². The molecule has 0 spiro atoms. The van der Waals surface area contributed by atoms with Gasteiger partial charge >= 0.3 is 0 Å². The Labute approximate surface area is 134 Å². The maximum atomic E-state index is 14.1. The minimum atomic E-state index is -1.02. The van der Waals surface area contributed by atoms with E-state index in [-0.39, 0.29) is 22.0 Å². The zero-order chi connectivity index (χ0) is 16.6. The Balaban J connectivity index is 2.28. The molecule has 0 saturated carbocycles. The summed E-state index contributed by atoms with van der Waals surface area (Å²) in [4.78, 5) is 3.92. The summed E-state index contributed by atoms with van der Waals surface area (Å²) in [6, 6.07) is 5.86. The Kier molecular flexibility index (Phi) is 4.00. The number of halogens is 4. The van der Waals surface area contributed by atoms with Gasteiger partial charge in [0, 0.05) is 29.5 Å². The molecule has 0 aliphatic carbocycles. The average molecular weight is 336 g/mol. The van der Waals surface area contributed by atoms with E-state index in [2.05, 4.69) is 15.2 Å². The first-order chi connectivity index (χ1) is 11.0. The lowest BCUT2D eigenvalue weighted by Gasteiger charge is -2.11. The molecule has 0 amide bonds. The molecular weight excluding hydrogens is 327 g/mol. The van der Waals surface area contributed by atoms with Crippen LogP contribution in [0.15, 0.2) is 36.5 Å². The van der Waals surface area contributed by atoms with Gasteiger partial charge in [0.1, 0.15) is 28.3 Å². The Hall–Kier alpha value is -2.47. The smallest absolute Gasteiger partial charge is 0.136 e. The molecule has 0 radical (unpaired) electrons. The topological polar surface area (TPSA) is 38.7 Å². The third-order valence-corrected chi connectivity index (χ3v) is 3.42. The third kappa shape index (κ3) is 3.03. The first-order valence-corrected chi connectivity index (χ1v) is 6.94. The van der Waals surface area contributed by atoms with Gasteiger partial charge in [-0.05, 0) is 25.1 Å². The SMILES string of the molecule is Cc1cc(-c2c(F)cc(F)cc2F)c(-c2ccc(Cl)nc2)nn1. The minimum absolute atomic E-state index is 0.164. The first kappa shape index (κ1) is 15.4. The highest BCUT2D eigenvalue weighted by molar-refractivity contribution is 6.29. The Morgan fingerprint density at radius 3 is 2.26 bits per heavy atom. The first-order valence-electron chi connectivity index (χ1n) is 6.57. The van der Waals surface area contributed by atoms with Crippen molar-refractivity contribution in [2.24, 2.45) is 0 Å². The molecule has 0 unspecified atom stereocenters. The molecule has 0 N–H and O–H groups in total. The van der Waals surface area contributed by atoms with Gasteiger partial charge in [-0.25, -0.2) is 18.2 Å². The molecular formula is C16H9ClF3N3. The predicted molar refractivity (Wildman–Crippen MR) is 80.3 cm³/mol. The summed E-state index contributed by atoms with van der Waals surface area (Å²) in [5, 5.41) is 8.18. The number of aryl methyl sites for hydroxylation is 1. The van der Waals surface area contributed by atoms with E-state index >= 15 is 0 Å². The summed E-state index contributed by atoms with van der Waals surface area (Å²) in [5.41, 5.74) is 0.976. The minimum Gasteiger partial charge on any atom is -0.244 e. The van der Waals surface area contributed by atoms with Crippen LogP contribution >= 0.6 is 11.6 Å². The summed E-state index contributed by atoms with van der Waals surface area (Å²) in [6.45, 7) is 1.64. The van der Waals surface area contributed by atoms with Crippen LogP contribution in [0, 0.1) is 24.4 Å². The summed E-state index contributed by atoms with van der Waals surface area (Å²) < 4.78 is 41.4. The van der Waals surface area contributed by atoms with Gasteiger partial charge < -0.3 is 0 Å². The second kappa shape index (κ2) is 5.96. The second-order valence-electron chi connectivity index (χ2n) is 4.86. The number of rotatable bonds is 2. The van der Waals surface area contributed by atoms with Crippen molar-refractivity contribution in [1.82, 2.24) is 15.2 Å². The van der Waals surface area contributed by atoms with Gasteiger partial charge in [0.2, 0.25) is 0 Å². The van der Waals surface area contributed by atoms with Crippen LogP contribution in [0.1, 0.15) is 5.69 Å². The van der Waals surface area contributed by atoms with E-state index in [0.29, 0.717) is 23.4 Å². The van der Waals surface area contributed by atoms with Crippen LogP contribution in [-0.4, -0.2) is 15.2 Å². The standard InChI is InChI=1S/C16H9ClF3N3/c1-8-4-11(15-12(19)5-10(18)6-13(15)20)16(23-22-8)9-2-3-14(17)21-7-9/h2-7H,1H3. The highest BCUT2D eigenvalue weighted by atomic mass is 35.5. The molecule has 116 valence electrons. The van der Waals surface area contributed by atoms with E-state index in [1.165, 1.54) is 18.3 Å². The van der Waals surface area contributed by atoms with Gasteiger partial charge in [-0.2, -0.15) is 5.10 Å². The quantitative estimate of drug-likeness (QED) is 0.643. The molecule has 3 nitrogen and oxygen atoms in total. The molecule has 0 aliphatic heterocycles. The Morgan fingerprint density at radius 2 is 1.65 bits per heavy atom. The number of nitrogens with zero attached hydrogens (tertiary/aromatic N) is 3. The van der Waals surface area contributed by atoms with E-state index in [1.807, 2.05) is 0 Å². The maximum Gasteiger partial charge on any atom is 0.136 e. The monoisotopic (exact) mass is 335 g/mol. The van der Waals surface area contributed by atoms with Crippen molar-refractivity contribution in [3.63, 3.8) is 0 Å². The van der Waals surface area contributed by atoms with Crippen LogP contribution in [0.25, 0.3) is 22.4 Å². The summed E-state index contributed by atoms with van der Waals surface area (Å²) >= 11 is 5.74. The molecule has 3 aromatic rings. The van der Waals surface area contributed by atoms with E-state index in [0.717, 1.165) is 0 Å². The lowest BCUT2D eigenvalue weighted by molar-refractivity contribution is 0.548. The van der Waals surface area contributed by atoms with Crippen LogP contribution in [0.5, 0.6) is 0 Å².